The zero-order valence-corrected chi connectivity index (χ0v) is 17.9. The second-order valence-corrected chi connectivity index (χ2v) is 7.51. The Morgan fingerprint density at radius 3 is 2.03 bits per heavy atom. The first kappa shape index (κ1) is 22.8. The molecule has 0 aliphatic heterocycles. The highest BCUT2D eigenvalue weighted by Gasteiger charge is 2.33. The number of carbonyl (C=O) groups excluding carboxylic acids is 3. The van der Waals surface area contributed by atoms with Crippen LogP contribution < -0.4 is 10.1 Å². The standard InChI is InChI=1S/C21H22ClNO5S/c1-21(2,20(26)23-17(12-29)19(25)27-3)28-16-10-6-14(7-11-16)18(24)13-4-8-15(22)9-5-13/h4-11,17,29H,12H2,1-3H3,(H,23,26). The molecule has 0 aliphatic carbocycles. The number of thiol groups is 1. The first-order chi connectivity index (χ1) is 13.7. The lowest BCUT2D eigenvalue weighted by molar-refractivity contribution is -0.146. The summed E-state index contributed by atoms with van der Waals surface area (Å²) in [6.45, 7) is 3.14. The molecule has 0 aromatic heterocycles. The van der Waals surface area contributed by atoms with Gasteiger partial charge >= 0.3 is 5.97 Å². The van der Waals surface area contributed by atoms with E-state index in [1.165, 1.54) is 7.11 Å². The van der Waals surface area contributed by atoms with Crippen LogP contribution in [-0.2, 0) is 14.3 Å². The van der Waals surface area contributed by atoms with Gasteiger partial charge in [0.15, 0.2) is 11.4 Å². The Morgan fingerprint density at radius 1 is 1.03 bits per heavy atom. The first-order valence-electron chi connectivity index (χ1n) is 8.77. The Kier molecular flexibility index (Phi) is 7.70. The predicted molar refractivity (Wildman–Crippen MR) is 114 cm³/mol. The molecule has 6 nitrogen and oxygen atoms in total. The third-order valence-electron chi connectivity index (χ3n) is 4.12. The molecule has 1 amide bonds. The van der Waals surface area contributed by atoms with Crippen molar-refractivity contribution >= 4 is 41.9 Å². The number of ether oxygens (including phenoxy) is 2. The molecule has 0 bridgehead atoms. The van der Waals surface area contributed by atoms with Crippen LogP contribution >= 0.6 is 24.2 Å². The van der Waals surface area contributed by atoms with E-state index < -0.39 is 23.5 Å². The molecular weight excluding hydrogens is 414 g/mol. The molecule has 2 rings (SSSR count). The van der Waals surface area contributed by atoms with Crippen molar-refractivity contribution < 1.29 is 23.9 Å². The van der Waals surface area contributed by atoms with Crippen molar-refractivity contribution in [1.29, 1.82) is 0 Å². The van der Waals surface area contributed by atoms with Crippen molar-refractivity contribution in [3.8, 4) is 5.75 Å². The lowest BCUT2D eigenvalue weighted by Gasteiger charge is -2.27. The van der Waals surface area contributed by atoms with E-state index in [1.807, 2.05) is 0 Å². The molecule has 0 saturated heterocycles. The number of carbonyl (C=O) groups is 3. The number of nitrogens with one attached hydrogen (secondary N) is 1. The van der Waals surface area contributed by atoms with Crippen molar-refractivity contribution in [2.24, 2.45) is 0 Å². The number of amides is 1. The van der Waals surface area contributed by atoms with Crippen LogP contribution in [0.5, 0.6) is 5.75 Å². The number of hydrogen-bond donors (Lipinski definition) is 2. The Morgan fingerprint density at radius 2 is 1.55 bits per heavy atom. The summed E-state index contributed by atoms with van der Waals surface area (Å²) in [5, 5.41) is 3.11. The van der Waals surface area contributed by atoms with Gasteiger partial charge in [0.05, 0.1) is 7.11 Å². The van der Waals surface area contributed by atoms with E-state index in [2.05, 4.69) is 22.7 Å². The molecule has 154 valence electrons. The summed E-state index contributed by atoms with van der Waals surface area (Å²) in [6.07, 6.45) is 0. The maximum atomic E-state index is 12.5. The normalized spacial score (nSPS) is 12.0. The fraction of sp³-hybridized carbons (Fsp3) is 0.286. The van der Waals surface area contributed by atoms with Crippen LogP contribution in [0.25, 0.3) is 0 Å². The van der Waals surface area contributed by atoms with Gasteiger partial charge in [-0.25, -0.2) is 4.79 Å². The molecule has 1 atom stereocenters. The molecule has 0 radical (unpaired) electrons. The van der Waals surface area contributed by atoms with Crippen molar-refractivity contribution in [2.75, 3.05) is 12.9 Å². The van der Waals surface area contributed by atoms with Crippen LogP contribution in [0, 0.1) is 0 Å². The number of ketones is 1. The maximum Gasteiger partial charge on any atom is 0.329 e. The fourth-order valence-electron chi connectivity index (χ4n) is 2.44. The second kappa shape index (κ2) is 9.80. The molecule has 29 heavy (non-hydrogen) atoms. The zero-order valence-electron chi connectivity index (χ0n) is 16.3. The SMILES string of the molecule is COC(=O)C(CS)NC(=O)C(C)(C)Oc1ccc(C(=O)c2ccc(Cl)cc2)cc1. The number of methoxy groups -OCH3 is 1. The Hall–Kier alpha value is -2.51. The monoisotopic (exact) mass is 435 g/mol. The topological polar surface area (TPSA) is 81.7 Å². The molecule has 0 heterocycles. The lowest BCUT2D eigenvalue weighted by atomic mass is 10.0. The Bertz CT molecular complexity index is 881. The molecule has 1 unspecified atom stereocenters. The van der Waals surface area contributed by atoms with Gasteiger partial charge in [-0.15, -0.1) is 0 Å². The largest absolute Gasteiger partial charge is 0.478 e. The van der Waals surface area contributed by atoms with Gasteiger partial charge in [0.25, 0.3) is 5.91 Å². The second-order valence-electron chi connectivity index (χ2n) is 6.70. The number of halogens is 1. The van der Waals surface area contributed by atoms with E-state index in [4.69, 9.17) is 16.3 Å². The Balaban J connectivity index is 2.07. The number of esters is 1. The third kappa shape index (κ3) is 5.98. The fourth-order valence-corrected chi connectivity index (χ4v) is 2.80. The van der Waals surface area contributed by atoms with Gasteiger partial charge < -0.3 is 14.8 Å². The van der Waals surface area contributed by atoms with E-state index in [0.29, 0.717) is 21.9 Å². The minimum Gasteiger partial charge on any atom is -0.478 e. The molecule has 0 saturated carbocycles. The van der Waals surface area contributed by atoms with Gasteiger partial charge in [0.1, 0.15) is 11.8 Å². The van der Waals surface area contributed by atoms with E-state index in [1.54, 1.807) is 62.4 Å². The first-order valence-corrected chi connectivity index (χ1v) is 9.78. The smallest absolute Gasteiger partial charge is 0.329 e. The molecule has 2 aromatic rings. The van der Waals surface area contributed by atoms with Gasteiger partial charge in [0, 0.05) is 21.9 Å². The quantitative estimate of drug-likeness (QED) is 0.377. The molecule has 0 spiro atoms. The van der Waals surface area contributed by atoms with Crippen molar-refractivity contribution in [1.82, 2.24) is 5.32 Å². The number of hydrogen-bond acceptors (Lipinski definition) is 6. The van der Waals surface area contributed by atoms with Crippen LogP contribution in [-0.4, -0.2) is 42.2 Å². The van der Waals surface area contributed by atoms with Gasteiger partial charge in [-0.3, -0.25) is 9.59 Å². The van der Waals surface area contributed by atoms with Crippen LogP contribution in [0.3, 0.4) is 0 Å². The highest BCUT2D eigenvalue weighted by molar-refractivity contribution is 7.80. The molecule has 8 heteroatoms. The lowest BCUT2D eigenvalue weighted by Crippen LogP contribution is -2.53. The summed E-state index contributed by atoms with van der Waals surface area (Å²) >= 11 is 9.89. The maximum absolute atomic E-state index is 12.5. The van der Waals surface area contributed by atoms with Crippen molar-refractivity contribution in [2.45, 2.75) is 25.5 Å². The molecule has 1 N–H and O–H groups in total. The highest BCUT2D eigenvalue weighted by Crippen LogP contribution is 2.21. The predicted octanol–water partition coefficient (Wildman–Crippen LogP) is 3.32. The minimum absolute atomic E-state index is 0.0933. The van der Waals surface area contributed by atoms with E-state index >= 15 is 0 Å². The van der Waals surface area contributed by atoms with Crippen LogP contribution in [0.15, 0.2) is 48.5 Å². The van der Waals surface area contributed by atoms with Crippen molar-refractivity contribution in [3.63, 3.8) is 0 Å². The van der Waals surface area contributed by atoms with Crippen LogP contribution in [0.2, 0.25) is 5.02 Å². The summed E-state index contributed by atoms with van der Waals surface area (Å²) in [4.78, 5) is 36.6. The van der Waals surface area contributed by atoms with E-state index in [9.17, 15) is 14.4 Å². The van der Waals surface area contributed by atoms with Gasteiger partial charge in [0.2, 0.25) is 0 Å². The average molecular weight is 436 g/mol. The van der Waals surface area contributed by atoms with Gasteiger partial charge in [-0.2, -0.15) is 12.6 Å². The number of benzene rings is 2. The molecule has 0 aliphatic rings. The van der Waals surface area contributed by atoms with E-state index in [0.717, 1.165) is 0 Å². The van der Waals surface area contributed by atoms with Crippen molar-refractivity contribution in [3.05, 3.63) is 64.7 Å². The molecule has 0 fully saturated rings. The average Bonchev–Trinajstić information content (AvgIpc) is 2.71. The molecule has 2 aromatic carbocycles. The number of rotatable bonds is 8. The summed E-state index contributed by atoms with van der Waals surface area (Å²) in [6, 6.07) is 12.2. The highest BCUT2D eigenvalue weighted by atomic mass is 35.5. The van der Waals surface area contributed by atoms with Crippen LogP contribution in [0.4, 0.5) is 0 Å². The summed E-state index contributed by atoms with van der Waals surface area (Å²) in [7, 11) is 1.24. The van der Waals surface area contributed by atoms with Gasteiger partial charge in [-0.05, 0) is 62.4 Å². The zero-order chi connectivity index (χ0) is 21.6. The van der Waals surface area contributed by atoms with E-state index in [-0.39, 0.29) is 11.5 Å². The third-order valence-corrected chi connectivity index (χ3v) is 4.73. The summed E-state index contributed by atoms with van der Waals surface area (Å²) < 4.78 is 10.4. The minimum atomic E-state index is -1.27. The molecular formula is C21H22ClNO5S. The summed E-state index contributed by atoms with van der Waals surface area (Å²) in [5.41, 5.74) is -0.275. The summed E-state index contributed by atoms with van der Waals surface area (Å²) in [5.74, 6) is -0.744. The Labute approximate surface area is 179 Å². The van der Waals surface area contributed by atoms with Crippen LogP contribution in [0.1, 0.15) is 29.8 Å². The van der Waals surface area contributed by atoms with Gasteiger partial charge in [-0.1, -0.05) is 11.6 Å².